The molecule has 376 valence electrons. The van der Waals surface area contributed by atoms with Crippen molar-refractivity contribution in [3.63, 3.8) is 0 Å². The van der Waals surface area contributed by atoms with Crippen molar-refractivity contribution in [1.29, 1.82) is 0 Å². The number of hydrogen-bond acceptors (Lipinski definition) is 26. The van der Waals surface area contributed by atoms with E-state index in [0.29, 0.717) is 0 Å². The Kier molecular flexibility index (Phi) is 19.1. The van der Waals surface area contributed by atoms with Crippen molar-refractivity contribution in [1.82, 2.24) is 16.0 Å². The van der Waals surface area contributed by atoms with E-state index in [1.165, 1.54) is 0 Å². The molecule has 0 spiro atoms. The second-order valence-electron chi connectivity index (χ2n) is 16.2. The van der Waals surface area contributed by atoms with Crippen LogP contribution in [0.15, 0.2) is 0 Å². The van der Waals surface area contributed by atoms with Gasteiger partial charge in [-0.1, -0.05) is 0 Å². The SMILES string of the molecule is CC(=O)N[C@@H]1[C@@H](O[C@@H]2O[C@H](CO)[C@@H](O[C@@H]3O[C@H](CO)[C@H](O)[C@H](O)[C@H]3O)[C@H](O)[C@H]2NC(C)=O)[C@@H](O)[C@@H](CO[C@@H]2O[C@H](CO)[C@@H](O[C@@H]3O[C@H](CO)[C@H](O)[C@H](O)[C@H]3O)[C@H](O)[C@H]2NC(C)=O)O[C@@H]1O. The van der Waals surface area contributed by atoms with Crippen LogP contribution in [0.5, 0.6) is 0 Å². The molecule has 0 aromatic rings. The van der Waals surface area contributed by atoms with E-state index in [1.807, 2.05) is 0 Å². The first-order valence-corrected chi connectivity index (χ1v) is 20.6. The molecule has 5 aliphatic rings. The van der Waals surface area contributed by atoms with Gasteiger partial charge in [-0.05, 0) is 0 Å². The molecule has 0 bridgehead atoms. The van der Waals surface area contributed by atoms with Crippen molar-refractivity contribution in [2.24, 2.45) is 0 Å². The van der Waals surface area contributed by atoms with Crippen LogP contribution in [0.1, 0.15) is 20.8 Å². The summed E-state index contributed by atoms with van der Waals surface area (Å²) < 4.78 is 51.3. The summed E-state index contributed by atoms with van der Waals surface area (Å²) in [4.78, 5) is 37.1. The summed E-state index contributed by atoms with van der Waals surface area (Å²) in [6.07, 6.45) is -39.0. The molecule has 25 atom stereocenters. The summed E-state index contributed by atoms with van der Waals surface area (Å²) in [6.45, 7) is -1.14. The van der Waals surface area contributed by atoms with Gasteiger partial charge in [-0.2, -0.15) is 0 Å². The minimum atomic E-state index is -2.02. The summed E-state index contributed by atoms with van der Waals surface area (Å²) in [5, 5.41) is 155. The normalized spacial score (nSPS) is 47.1. The molecule has 3 amide bonds. The lowest BCUT2D eigenvalue weighted by molar-refractivity contribution is -0.362. The topological polar surface area (TPSA) is 454 Å². The maximum absolute atomic E-state index is 12.4. The molecular weight excluding hydrogens is 890 g/mol. The predicted octanol–water partition coefficient (Wildman–Crippen LogP) is -11.5. The summed E-state index contributed by atoms with van der Waals surface area (Å²) in [6, 6.07) is -4.87. The highest BCUT2D eigenvalue weighted by molar-refractivity contribution is 5.74. The quantitative estimate of drug-likeness (QED) is 0.0683. The van der Waals surface area contributed by atoms with Gasteiger partial charge in [-0.3, -0.25) is 14.4 Å². The van der Waals surface area contributed by atoms with Gasteiger partial charge in [0.25, 0.3) is 0 Å². The highest BCUT2D eigenvalue weighted by Gasteiger charge is 2.56. The average molecular weight is 952 g/mol. The van der Waals surface area contributed by atoms with Crippen molar-refractivity contribution in [2.75, 3.05) is 33.0 Å². The average Bonchev–Trinajstić information content (AvgIpc) is 3.26. The molecule has 0 unspecified atom stereocenters. The van der Waals surface area contributed by atoms with Crippen LogP contribution in [0, 0.1) is 0 Å². The Morgan fingerprint density at radius 3 is 1.18 bits per heavy atom. The minimum Gasteiger partial charge on any atom is -0.394 e. The lowest BCUT2D eigenvalue weighted by atomic mass is 9.93. The molecule has 29 heteroatoms. The first-order valence-electron chi connectivity index (χ1n) is 20.6. The van der Waals surface area contributed by atoms with E-state index in [-0.39, 0.29) is 0 Å². The van der Waals surface area contributed by atoms with Gasteiger partial charge >= 0.3 is 0 Å². The van der Waals surface area contributed by atoms with Crippen LogP contribution < -0.4 is 16.0 Å². The first kappa shape index (κ1) is 53.4. The van der Waals surface area contributed by atoms with E-state index in [1.54, 1.807) is 0 Å². The molecule has 0 aromatic heterocycles. The van der Waals surface area contributed by atoms with Gasteiger partial charge in [0, 0.05) is 20.8 Å². The Labute approximate surface area is 369 Å². The smallest absolute Gasteiger partial charge is 0.217 e. The molecule has 5 heterocycles. The van der Waals surface area contributed by atoms with Crippen molar-refractivity contribution in [2.45, 2.75) is 174 Å². The molecular formula is C36H61N3O26. The molecule has 17 N–H and O–H groups in total. The molecule has 0 aromatic carbocycles. The van der Waals surface area contributed by atoms with E-state index in [2.05, 4.69) is 16.0 Å². The van der Waals surface area contributed by atoms with E-state index in [4.69, 9.17) is 42.6 Å². The number of aliphatic hydroxyl groups is 14. The van der Waals surface area contributed by atoms with Gasteiger partial charge in [-0.25, -0.2) is 0 Å². The summed E-state index contributed by atoms with van der Waals surface area (Å²) in [5.41, 5.74) is 0. The number of amides is 3. The molecule has 29 nitrogen and oxygen atoms in total. The standard InChI is InChI=1S/C36H61N3O26/c1-9(44)37-17-23(50)29(63-35-27(54)25(52)20(47)12(4-40)59-35)14(6-42)61-33(17)57-8-16-22(49)31(19(32(56)58-16)39-11(3)46)65-34-18(38-10(2)45)24(51)30(15(7-43)62-34)64-36-28(55)26(53)21(48)13(5-41)60-36/h12-36,40-43,47-56H,4-8H2,1-3H3,(H,37,44)(H,38,45)(H,39,46)/t12-,13-,14-,15-,16-,17-,18-,19-,20+,21+,22+,23-,24-,25+,26+,27-,28-,29-,30-,31-,32+,33-,34+,35+,36+/m1/s1. The van der Waals surface area contributed by atoms with E-state index in [0.717, 1.165) is 20.8 Å². The van der Waals surface area contributed by atoms with Gasteiger partial charge in [0.05, 0.1) is 33.0 Å². The highest BCUT2D eigenvalue weighted by Crippen LogP contribution is 2.34. The van der Waals surface area contributed by atoms with Crippen LogP contribution in [0.2, 0.25) is 0 Å². The molecule has 5 saturated heterocycles. The van der Waals surface area contributed by atoms with Crippen LogP contribution in [0.3, 0.4) is 0 Å². The Hall–Kier alpha value is -2.51. The molecule has 5 fully saturated rings. The van der Waals surface area contributed by atoms with Gasteiger partial charge in [-0.15, -0.1) is 0 Å². The largest absolute Gasteiger partial charge is 0.394 e. The predicted molar refractivity (Wildman–Crippen MR) is 201 cm³/mol. The Morgan fingerprint density at radius 1 is 0.400 bits per heavy atom. The van der Waals surface area contributed by atoms with Gasteiger partial charge in [0.15, 0.2) is 31.5 Å². The van der Waals surface area contributed by atoms with Crippen LogP contribution in [-0.2, 0) is 57.0 Å². The van der Waals surface area contributed by atoms with Crippen molar-refractivity contribution in [3.8, 4) is 0 Å². The van der Waals surface area contributed by atoms with E-state index < -0.39 is 204 Å². The maximum atomic E-state index is 12.4. The third-order valence-electron chi connectivity index (χ3n) is 11.5. The third-order valence-corrected chi connectivity index (χ3v) is 11.5. The summed E-state index contributed by atoms with van der Waals surface area (Å²) in [5.74, 6) is -2.31. The second kappa shape index (κ2) is 23.2. The van der Waals surface area contributed by atoms with Crippen LogP contribution >= 0.6 is 0 Å². The monoisotopic (exact) mass is 951 g/mol. The summed E-state index contributed by atoms with van der Waals surface area (Å²) >= 11 is 0. The fourth-order valence-corrected chi connectivity index (χ4v) is 8.14. The van der Waals surface area contributed by atoms with Gasteiger partial charge in [0.1, 0.15) is 122 Å². The number of carbonyl (C=O) groups is 3. The van der Waals surface area contributed by atoms with E-state index >= 15 is 0 Å². The van der Waals surface area contributed by atoms with Crippen molar-refractivity contribution >= 4 is 17.7 Å². The molecule has 65 heavy (non-hydrogen) atoms. The number of aliphatic hydroxyl groups excluding tert-OH is 14. The second-order valence-corrected chi connectivity index (χ2v) is 16.2. The first-order chi connectivity index (χ1) is 30.7. The van der Waals surface area contributed by atoms with Crippen LogP contribution in [-0.4, -0.2) is 276 Å². The zero-order chi connectivity index (χ0) is 48.2. The lowest BCUT2D eigenvalue weighted by Gasteiger charge is -2.50. The van der Waals surface area contributed by atoms with Gasteiger partial charge in [0.2, 0.25) is 17.7 Å². The number of nitrogens with one attached hydrogen (secondary N) is 3. The molecule has 5 rings (SSSR count). The lowest BCUT2D eigenvalue weighted by Crippen LogP contribution is -2.70. The zero-order valence-corrected chi connectivity index (χ0v) is 35.1. The van der Waals surface area contributed by atoms with Crippen molar-refractivity contribution in [3.05, 3.63) is 0 Å². The van der Waals surface area contributed by atoms with Gasteiger partial charge < -0.3 is 130 Å². The molecule has 0 aliphatic carbocycles. The van der Waals surface area contributed by atoms with Crippen molar-refractivity contribution < 1.29 is 129 Å². The van der Waals surface area contributed by atoms with Crippen LogP contribution in [0.4, 0.5) is 0 Å². The van der Waals surface area contributed by atoms with E-state index in [9.17, 15) is 85.9 Å². The number of rotatable bonds is 16. The number of ether oxygens (including phenoxy) is 9. The maximum Gasteiger partial charge on any atom is 0.217 e. The minimum absolute atomic E-state index is 0.748. The fraction of sp³-hybridized carbons (Fsp3) is 0.917. The Morgan fingerprint density at radius 2 is 0.769 bits per heavy atom. The third kappa shape index (κ3) is 12.0. The number of hydrogen-bond donors (Lipinski definition) is 17. The molecule has 5 aliphatic heterocycles. The zero-order valence-electron chi connectivity index (χ0n) is 35.1. The Bertz CT molecular complexity index is 1550. The Balaban J connectivity index is 1.35. The summed E-state index contributed by atoms with van der Waals surface area (Å²) in [7, 11) is 0. The number of carbonyl (C=O) groups excluding carboxylic acids is 3. The van der Waals surface area contributed by atoms with Crippen LogP contribution in [0.25, 0.3) is 0 Å². The molecule has 0 radical (unpaired) electrons. The molecule has 0 saturated carbocycles. The highest BCUT2D eigenvalue weighted by atomic mass is 16.8. The fourth-order valence-electron chi connectivity index (χ4n) is 8.14.